The molecule has 1 aromatic carbocycles. The molecule has 0 aliphatic carbocycles. The molecule has 0 aliphatic rings. The highest BCUT2D eigenvalue weighted by Gasteiger charge is 2.04. The molecule has 84 valence electrons. The summed E-state index contributed by atoms with van der Waals surface area (Å²) >= 11 is 4.88. The molecule has 0 aliphatic heterocycles. The third-order valence-corrected chi connectivity index (χ3v) is 2.14. The van der Waals surface area contributed by atoms with Crippen molar-refractivity contribution >= 4 is 17.2 Å². The number of nitrogens with zero attached hydrogens (tertiary/aromatic N) is 1. The molecule has 0 unspecified atom stereocenters. The van der Waals surface area contributed by atoms with Crippen molar-refractivity contribution in [3.8, 4) is 11.8 Å². The van der Waals surface area contributed by atoms with Crippen molar-refractivity contribution in [2.75, 3.05) is 6.61 Å². The van der Waals surface area contributed by atoms with Crippen molar-refractivity contribution in [2.24, 2.45) is 11.7 Å². The molecule has 4 heteroatoms. The van der Waals surface area contributed by atoms with Gasteiger partial charge >= 0.3 is 0 Å². The zero-order valence-corrected chi connectivity index (χ0v) is 10.2. The van der Waals surface area contributed by atoms with E-state index in [9.17, 15) is 0 Å². The van der Waals surface area contributed by atoms with Crippen molar-refractivity contribution in [1.29, 1.82) is 5.26 Å². The van der Waals surface area contributed by atoms with Crippen LogP contribution in [0.25, 0.3) is 0 Å². The summed E-state index contributed by atoms with van der Waals surface area (Å²) in [5, 5.41) is 8.86. The van der Waals surface area contributed by atoms with E-state index in [2.05, 4.69) is 19.9 Å². The molecule has 0 heterocycles. The van der Waals surface area contributed by atoms with E-state index in [0.29, 0.717) is 29.4 Å². The van der Waals surface area contributed by atoms with Gasteiger partial charge in [0.2, 0.25) is 0 Å². The first-order valence-corrected chi connectivity index (χ1v) is 5.41. The van der Waals surface area contributed by atoms with Crippen LogP contribution in [0.15, 0.2) is 18.2 Å². The van der Waals surface area contributed by atoms with Crippen LogP contribution in [-0.2, 0) is 0 Å². The molecule has 0 fully saturated rings. The Hall–Kier alpha value is -1.60. The minimum absolute atomic E-state index is 0.270. The quantitative estimate of drug-likeness (QED) is 0.812. The maximum Gasteiger partial charge on any atom is 0.121 e. The first-order chi connectivity index (χ1) is 7.52. The molecule has 0 bridgehead atoms. The lowest BCUT2D eigenvalue weighted by molar-refractivity contribution is 0.271. The van der Waals surface area contributed by atoms with Crippen molar-refractivity contribution < 1.29 is 4.74 Å². The fourth-order valence-electron chi connectivity index (χ4n) is 1.15. The van der Waals surface area contributed by atoms with Crippen LogP contribution in [0.4, 0.5) is 0 Å². The zero-order valence-electron chi connectivity index (χ0n) is 9.36. The molecule has 0 amide bonds. The Morgan fingerprint density at radius 3 is 2.69 bits per heavy atom. The molecular weight excluding hydrogens is 220 g/mol. The van der Waals surface area contributed by atoms with Gasteiger partial charge in [-0.1, -0.05) is 26.1 Å². The largest absolute Gasteiger partial charge is 0.493 e. The van der Waals surface area contributed by atoms with Gasteiger partial charge in [-0.25, -0.2) is 0 Å². The average Bonchev–Trinajstić information content (AvgIpc) is 2.25. The van der Waals surface area contributed by atoms with Gasteiger partial charge in [0.15, 0.2) is 0 Å². The predicted molar refractivity (Wildman–Crippen MR) is 67.4 cm³/mol. The Kier molecular flexibility index (Phi) is 4.27. The summed E-state index contributed by atoms with van der Waals surface area (Å²) in [6, 6.07) is 7.15. The second-order valence-corrected chi connectivity index (χ2v) is 4.37. The highest BCUT2D eigenvalue weighted by molar-refractivity contribution is 7.80. The van der Waals surface area contributed by atoms with Crippen LogP contribution in [0.3, 0.4) is 0 Å². The maximum absolute atomic E-state index is 8.86. The molecule has 0 spiro atoms. The van der Waals surface area contributed by atoms with Gasteiger partial charge in [0.05, 0.1) is 18.2 Å². The van der Waals surface area contributed by atoms with Crippen LogP contribution in [-0.4, -0.2) is 11.6 Å². The van der Waals surface area contributed by atoms with Crippen LogP contribution in [0.2, 0.25) is 0 Å². The van der Waals surface area contributed by atoms with E-state index < -0.39 is 0 Å². The predicted octanol–water partition coefficient (Wildman–Crippen LogP) is 2.23. The summed E-state index contributed by atoms with van der Waals surface area (Å²) < 4.78 is 5.53. The third-order valence-electron chi connectivity index (χ3n) is 1.90. The molecule has 0 saturated carbocycles. The number of thiocarbonyl (C=S) groups is 1. The van der Waals surface area contributed by atoms with Crippen molar-refractivity contribution in [3.63, 3.8) is 0 Å². The molecule has 16 heavy (non-hydrogen) atoms. The highest BCUT2D eigenvalue weighted by Crippen LogP contribution is 2.17. The van der Waals surface area contributed by atoms with Gasteiger partial charge in [-0.3, -0.25) is 0 Å². The summed E-state index contributed by atoms with van der Waals surface area (Å²) in [6.07, 6.45) is 0. The lowest BCUT2D eigenvalue weighted by atomic mass is 10.1. The average molecular weight is 234 g/mol. The molecule has 0 aromatic heterocycles. The molecule has 1 rings (SSSR count). The van der Waals surface area contributed by atoms with Crippen molar-refractivity contribution in [1.82, 2.24) is 0 Å². The summed E-state index contributed by atoms with van der Waals surface area (Å²) in [4.78, 5) is 0.270. The number of hydrogen-bond donors (Lipinski definition) is 1. The van der Waals surface area contributed by atoms with Gasteiger partial charge in [0, 0.05) is 5.56 Å². The van der Waals surface area contributed by atoms with Crippen LogP contribution in [0.5, 0.6) is 5.75 Å². The maximum atomic E-state index is 8.86. The minimum Gasteiger partial charge on any atom is -0.493 e. The van der Waals surface area contributed by atoms with Crippen molar-refractivity contribution in [2.45, 2.75) is 13.8 Å². The normalized spacial score (nSPS) is 9.88. The van der Waals surface area contributed by atoms with E-state index in [4.69, 9.17) is 28.0 Å². The Bertz CT molecular complexity index is 435. The highest BCUT2D eigenvalue weighted by atomic mass is 32.1. The number of nitrogens with two attached hydrogens (primary N) is 1. The van der Waals surface area contributed by atoms with Gasteiger partial charge in [-0.05, 0) is 24.1 Å². The fourth-order valence-corrected chi connectivity index (χ4v) is 1.27. The molecule has 0 atom stereocenters. The summed E-state index contributed by atoms with van der Waals surface area (Å²) in [5.41, 5.74) is 6.69. The summed E-state index contributed by atoms with van der Waals surface area (Å²) in [5.74, 6) is 1.06. The fraction of sp³-hybridized carbons (Fsp3) is 0.333. The van der Waals surface area contributed by atoms with Gasteiger partial charge < -0.3 is 10.5 Å². The van der Waals surface area contributed by atoms with E-state index in [-0.39, 0.29) is 4.99 Å². The van der Waals surface area contributed by atoms with Crippen LogP contribution >= 0.6 is 12.2 Å². The van der Waals surface area contributed by atoms with Gasteiger partial charge in [0.1, 0.15) is 10.7 Å². The van der Waals surface area contributed by atoms with E-state index >= 15 is 0 Å². The molecule has 3 nitrogen and oxygen atoms in total. The van der Waals surface area contributed by atoms with E-state index in [1.54, 1.807) is 18.2 Å². The van der Waals surface area contributed by atoms with Crippen LogP contribution in [0, 0.1) is 17.2 Å². The number of hydrogen-bond acceptors (Lipinski definition) is 3. The first-order valence-electron chi connectivity index (χ1n) is 5.00. The second kappa shape index (κ2) is 5.47. The summed E-state index contributed by atoms with van der Waals surface area (Å²) in [6.45, 7) is 4.72. The Morgan fingerprint density at radius 2 is 2.19 bits per heavy atom. The smallest absolute Gasteiger partial charge is 0.121 e. The number of benzene rings is 1. The molecule has 0 radical (unpaired) electrons. The minimum atomic E-state index is 0.270. The van der Waals surface area contributed by atoms with E-state index in [0.717, 1.165) is 0 Å². The van der Waals surface area contributed by atoms with Gasteiger partial charge in [-0.15, -0.1) is 0 Å². The SMILES string of the molecule is CC(C)COc1cc(C#N)cc(C(N)=S)c1. The first kappa shape index (κ1) is 12.5. The Morgan fingerprint density at radius 1 is 1.50 bits per heavy atom. The molecular formula is C12H14N2OS. The van der Waals surface area contributed by atoms with E-state index in [1.165, 1.54) is 0 Å². The Labute approximate surface area is 101 Å². The lowest BCUT2D eigenvalue weighted by Crippen LogP contribution is -2.11. The number of rotatable bonds is 4. The Balaban J connectivity index is 2.96. The third kappa shape index (κ3) is 3.52. The molecule has 0 saturated heterocycles. The summed E-state index contributed by atoms with van der Waals surface area (Å²) in [7, 11) is 0. The molecule has 2 N–H and O–H groups in total. The second-order valence-electron chi connectivity index (χ2n) is 3.93. The van der Waals surface area contributed by atoms with Gasteiger partial charge in [-0.2, -0.15) is 5.26 Å². The topological polar surface area (TPSA) is 59.0 Å². The monoisotopic (exact) mass is 234 g/mol. The molecule has 1 aromatic rings. The zero-order chi connectivity index (χ0) is 12.1. The van der Waals surface area contributed by atoms with Crippen LogP contribution < -0.4 is 10.5 Å². The van der Waals surface area contributed by atoms with Gasteiger partial charge in [0.25, 0.3) is 0 Å². The van der Waals surface area contributed by atoms with Crippen molar-refractivity contribution in [3.05, 3.63) is 29.3 Å². The number of ether oxygens (including phenoxy) is 1. The lowest BCUT2D eigenvalue weighted by Gasteiger charge is -2.10. The number of nitriles is 1. The van der Waals surface area contributed by atoms with E-state index in [1.807, 2.05) is 0 Å². The van der Waals surface area contributed by atoms with Crippen LogP contribution in [0.1, 0.15) is 25.0 Å². The standard InChI is InChI=1S/C12H14N2OS/c1-8(2)7-15-11-4-9(6-13)3-10(5-11)12(14)16/h3-5,8H,7H2,1-2H3,(H2,14,16).